The minimum atomic E-state index is 0.0776. The summed E-state index contributed by atoms with van der Waals surface area (Å²) < 4.78 is 5.70. The largest absolute Gasteiger partial charge is 0.373 e. The topological polar surface area (TPSA) is 29.5 Å². The molecule has 23 heavy (non-hydrogen) atoms. The van der Waals surface area contributed by atoms with Gasteiger partial charge in [-0.25, -0.2) is 0 Å². The third-order valence-electron chi connectivity index (χ3n) is 3.99. The Bertz CT molecular complexity index is 677. The number of carbonyl (C=O) groups excluding carboxylic acids is 1. The third kappa shape index (κ3) is 3.97. The third-order valence-corrected chi connectivity index (χ3v) is 5.88. The lowest BCUT2D eigenvalue weighted by Crippen LogP contribution is -2.25. The summed E-state index contributed by atoms with van der Waals surface area (Å²) >= 11 is 3.28. The number of benzene rings is 1. The van der Waals surface area contributed by atoms with Crippen molar-refractivity contribution in [2.24, 2.45) is 0 Å². The van der Waals surface area contributed by atoms with Crippen molar-refractivity contribution in [1.29, 1.82) is 0 Å². The van der Waals surface area contributed by atoms with Crippen LogP contribution in [0.25, 0.3) is 0 Å². The SMILES string of the molecule is CSc1cccc(CN(C)C(=O)c2ccc(C3CCCO3)s2)c1. The second kappa shape index (κ2) is 7.51. The Hall–Kier alpha value is -1.30. The number of amides is 1. The van der Waals surface area contributed by atoms with E-state index in [4.69, 9.17) is 4.74 Å². The van der Waals surface area contributed by atoms with Crippen LogP contribution in [0.2, 0.25) is 0 Å². The molecule has 0 aliphatic carbocycles. The number of nitrogens with zero attached hydrogens (tertiary/aromatic N) is 1. The summed E-state index contributed by atoms with van der Waals surface area (Å²) in [5.41, 5.74) is 1.16. The number of thioether (sulfide) groups is 1. The molecule has 0 saturated carbocycles. The maximum atomic E-state index is 12.6. The Morgan fingerprint density at radius 2 is 2.26 bits per heavy atom. The number of rotatable bonds is 5. The van der Waals surface area contributed by atoms with Gasteiger partial charge in [-0.1, -0.05) is 12.1 Å². The van der Waals surface area contributed by atoms with Gasteiger partial charge in [0, 0.05) is 30.0 Å². The van der Waals surface area contributed by atoms with E-state index in [1.54, 1.807) is 28.0 Å². The zero-order chi connectivity index (χ0) is 16.2. The molecular weight excluding hydrogens is 326 g/mol. The Labute approximate surface area is 145 Å². The number of carbonyl (C=O) groups is 1. The Balaban J connectivity index is 1.67. The summed E-state index contributed by atoms with van der Waals surface area (Å²) in [5.74, 6) is 0.0776. The van der Waals surface area contributed by atoms with Crippen molar-refractivity contribution >= 4 is 29.0 Å². The van der Waals surface area contributed by atoms with Crippen LogP contribution in [0, 0.1) is 0 Å². The number of thiophene rings is 1. The molecule has 1 amide bonds. The molecule has 0 spiro atoms. The lowest BCUT2D eigenvalue weighted by Gasteiger charge is -2.16. The molecule has 3 rings (SSSR count). The standard InChI is InChI=1S/C18H21NO2S2/c1-19(12-13-5-3-6-14(11-13)22-2)18(20)17-9-8-16(23-17)15-7-4-10-21-15/h3,5-6,8-9,11,15H,4,7,10,12H2,1-2H3. The minimum absolute atomic E-state index is 0.0776. The fourth-order valence-corrected chi connectivity index (χ4v) is 4.32. The number of ether oxygens (including phenoxy) is 1. The van der Waals surface area contributed by atoms with Crippen LogP contribution in [0.1, 0.15) is 39.1 Å². The first-order valence-electron chi connectivity index (χ1n) is 7.77. The molecule has 0 radical (unpaired) electrons. The Morgan fingerprint density at radius 1 is 1.39 bits per heavy atom. The summed E-state index contributed by atoms with van der Waals surface area (Å²) in [7, 11) is 1.86. The van der Waals surface area contributed by atoms with Gasteiger partial charge in [-0.05, 0) is 48.9 Å². The van der Waals surface area contributed by atoms with E-state index in [-0.39, 0.29) is 12.0 Å². The maximum Gasteiger partial charge on any atom is 0.263 e. The molecule has 1 unspecified atom stereocenters. The van der Waals surface area contributed by atoms with Gasteiger partial charge >= 0.3 is 0 Å². The monoisotopic (exact) mass is 347 g/mol. The van der Waals surface area contributed by atoms with Crippen LogP contribution >= 0.6 is 23.1 Å². The van der Waals surface area contributed by atoms with Crippen LogP contribution in [0.15, 0.2) is 41.3 Å². The first kappa shape index (κ1) is 16.6. The summed E-state index contributed by atoms with van der Waals surface area (Å²) in [4.78, 5) is 17.6. The Kier molecular flexibility index (Phi) is 5.41. The first-order chi connectivity index (χ1) is 11.2. The van der Waals surface area contributed by atoms with E-state index < -0.39 is 0 Å². The van der Waals surface area contributed by atoms with Gasteiger partial charge in [0.1, 0.15) is 0 Å². The normalized spacial score (nSPS) is 17.4. The second-order valence-electron chi connectivity index (χ2n) is 5.72. The maximum absolute atomic E-state index is 12.6. The second-order valence-corrected chi connectivity index (χ2v) is 7.71. The molecule has 0 bridgehead atoms. The first-order valence-corrected chi connectivity index (χ1v) is 9.81. The van der Waals surface area contributed by atoms with Crippen molar-refractivity contribution in [3.8, 4) is 0 Å². The van der Waals surface area contributed by atoms with E-state index in [0.717, 1.165) is 29.9 Å². The highest BCUT2D eigenvalue weighted by atomic mass is 32.2. The van der Waals surface area contributed by atoms with Crippen molar-refractivity contribution in [1.82, 2.24) is 4.90 Å². The van der Waals surface area contributed by atoms with Gasteiger partial charge in [0.05, 0.1) is 11.0 Å². The number of hydrogen-bond acceptors (Lipinski definition) is 4. The smallest absolute Gasteiger partial charge is 0.263 e. The summed E-state index contributed by atoms with van der Waals surface area (Å²) in [6.07, 6.45) is 4.42. The van der Waals surface area contributed by atoms with Gasteiger partial charge in [-0.2, -0.15) is 0 Å². The number of hydrogen-bond donors (Lipinski definition) is 0. The van der Waals surface area contributed by atoms with Crippen LogP contribution in [0.5, 0.6) is 0 Å². The van der Waals surface area contributed by atoms with E-state index >= 15 is 0 Å². The fourth-order valence-electron chi connectivity index (χ4n) is 2.75. The van der Waals surface area contributed by atoms with Gasteiger partial charge < -0.3 is 9.64 Å². The van der Waals surface area contributed by atoms with E-state index in [9.17, 15) is 4.79 Å². The van der Waals surface area contributed by atoms with Crippen molar-refractivity contribution in [3.63, 3.8) is 0 Å². The van der Waals surface area contributed by atoms with E-state index in [1.807, 2.05) is 25.2 Å². The molecule has 1 aromatic heterocycles. The average Bonchev–Trinajstić information content (AvgIpc) is 3.25. The van der Waals surface area contributed by atoms with E-state index in [0.29, 0.717) is 6.54 Å². The molecular formula is C18H21NO2S2. The van der Waals surface area contributed by atoms with Gasteiger partial charge in [0.25, 0.3) is 5.91 Å². The van der Waals surface area contributed by atoms with E-state index in [1.165, 1.54) is 9.77 Å². The van der Waals surface area contributed by atoms with Crippen LogP contribution in [0.3, 0.4) is 0 Å². The molecule has 1 saturated heterocycles. The van der Waals surface area contributed by atoms with Gasteiger partial charge in [-0.3, -0.25) is 4.79 Å². The zero-order valence-corrected chi connectivity index (χ0v) is 15.1. The highest BCUT2D eigenvalue weighted by Crippen LogP contribution is 2.33. The minimum Gasteiger partial charge on any atom is -0.373 e. The van der Waals surface area contributed by atoms with E-state index in [2.05, 4.69) is 24.5 Å². The van der Waals surface area contributed by atoms with Crippen LogP contribution < -0.4 is 0 Å². The predicted octanol–water partition coefficient (Wildman–Crippen LogP) is 4.59. The fraction of sp³-hybridized carbons (Fsp3) is 0.389. The molecule has 2 heterocycles. The molecule has 1 fully saturated rings. The average molecular weight is 348 g/mol. The highest BCUT2D eigenvalue weighted by molar-refractivity contribution is 7.98. The van der Waals surface area contributed by atoms with Crippen molar-refractivity contribution in [2.45, 2.75) is 30.4 Å². The summed E-state index contributed by atoms with van der Waals surface area (Å²) in [6, 6.07) is 12.3. The molecule has 1 aliphatic rings. The molecule has 5 heteroatoms. The summed E-state index contributed by atoms with van der Waals surface area (Å²) in [6.45, 7) is 1.46. The molecule has 0 N–H and O–H groups in total. The van der Waals surface area contributed by atoms with Gasteiger partial charge in [0.15, 0.2) is 0 Å². The zero-order valence-electron chi connectivity index (χ0n) is 13.5. The van der Waals surface area contributed by atoms with Crippen molar-refractivity contribution < 1.29 is 9.53 Å². The van der Waals surface area contributed by atoms with Crippen LogP contribution in [0.4, 0.5) is 0 Å². The Morgan fingerprint density at radius 3 is 3.00 bits per heavy atom. The van der Waals surface area contributed by atoms with Crippen LogP contribution in [-0.2, 0) is 11.3 Å². The molecule has 1 aliphatic heterocycles. The lowest BCUT2D eigenvalue weighted by atomic mass is 10.2. The molecule has 2 aromatic rings. The van der Waals surface area contributed by atoms with Crippen molar-refractivity contribution in [3.05, 3.63) is 51.7 Å². The van der Waals surface area contributed by atoms with Crippen LogP contribution in [-0.4, -0.2) is 30.7 Å². The van der Waals surface area contributed by atoms with Gasteiger partial charge in [0.2, 0.25) is 0 Å². The van der Waals surface area contributed by atoms with Crippen molar-refractivity contribution in [2.75, 3.05) is 19.9 Å². The lowest BCUT2D eigenvalue weighted by molar-refractivity contribution is 0.0790. The molecule has 1 aromatic carbocycles. The highest BCUT2D eigenvalue weighted by Gasteiger charge is 2.22. The molecule has 122 valence electrons. The molecule has 3 nitrogen and oxygen atoms in total. The van der Waals surface area contributed by atoms with Gasteiger partial charge in [-0.15, -0.1) is 23.1 Å². The quantitative estimate of drug-likeness (QED) is 0.741. The molecule has 1 atom stereocenters. The summed E-state index contributed by atoms with van der Waals surface area (Å²) in [5, 5.41) is 0. The predicted molar refractivity (Wildman–Crippen MR) is 96.3 cm³/mol.